The van der Waals surface area contributed by atoms with E-state index in [0.717, 1.165) is 16.8 Å². The van der Waals surface area contributed by atoms with E-state index in [1.165, 1.54) is 0 Å². The fourth-order valence-electron chi connectivity index (χ4n) is 1.98. The number of H-pyrrole nitrogens is 1. The average molecular weight is 262 g/mol. The van der Waals surface area contributed by atoms with Crippen molar-refractivity contribution in [3.05, 3.63) is 33.1 Å². The largest absolute Gasteiger partial charge is 0.394 e. The number of hydrogen-bond donors (Lipinski definition) is 2. The number of rotatable bonds is 3. The van der Waals surface area contributed by atoms with Gasteiger partial charge in [0.15, 0.2) is 12.4 Å². The Morgan fingerprint density at radius 1 is 1.50 bits per heavy atom. The molecule has 1 aliphatic rings. The molecule has 4 atom stereocenters. The van der Waals surface area contributed by atoms with E-state index in [9.17, 15) is 18.4 Å². The van der Waals surface area contributed by atoms with E-state index in [-0.39, 0.29) is 0 Å². The van der Waals surface area contributed by atoms with Crippen LogP contribution in [0.25, 0.3) is 0 Å². The minimum atomic E-state index is -1.77. The average Bonchev–Trinajstić information content (AvgIpc) is 2.66. The molecule has 100 valence electrons. The standard InChI is InChI=1S/C10H12F2N2O4/c11-3-5-6(4-15)18-9(8(5)12)14-2-1-7(16)13-10(14)17/h1-2,5-6,8-9,15H,3-4H2,(H,13,16,17)/t5-,6-,8-,9-/m1/s1. The lowest BCUT2D eigenvalue weighted by Gasteiger charge is -2.15. The van der Waals surface area contributed by atoms with Crippen molar-refractivity contribution in [1.29, 1.82) is 0 Å². The van der Waals surface area contributed by atoms with Crippen LogP contribution in [0.2, 0.25) is 0 Å². The van der Waals surface area contributed by atoms with Crippen LogP contribution >= 0.6 is 0 Å². The summed E-state index contributed by atoms with van der Waals surface area (Å²) in [5.74, 6) is -1.13. The summed E-state index contributed by atoms with van der Waals surface area (Å²) in [6, 6.07) is 1.04. The summed E-state index contributed by atoms with van der Waals surface area (Å²) in [5.41, 5.74) is -1.46. The van der Waals surface area contributed by atoms with Gasteiger partial charge < -0.3 is 9.84 Å². The first-order valence-corrected chi connectivity index (χ1v) is 5.36. The molecule has 2 N–H and O–H groups in total. The molecular formula is C10H12F2N2O4. The summed E-state index contributed by atoms with van der Waals surface area (Å²) in [6.07, 6.45) is -3.04. The zero-order valence-electron chi connectivity index (χ0n) is 9.25. The molecule has 6 nitrogen and oxygen atoms in total. The molecule has 1 aliphatic heterocycles. The van der Waals surface area contributed by atoms with Crippen molar-refractivity contribution in [2.75, 3.05) is 13.3 Å². The Morgan fingerprint density at radius 2 is 2.22 bits per heavy atom. The second-order valence-corrected chi connectivity index (χ2v) is 4.03. The van der Waals surface area contributed by atoms with Crippen LogP contribution in [-0.2, 0) is 4.74 Å². The van der Waals surface area contributed by atoms with Gasteiger partial charge in [0, 0.05) is 12.3 Å². The van der Waals surface area contributed by atoms with Crippen molar-refractivity contribution in [3.63, 3.8) is 0 Å². The number of aromatic nitrogens is 2. The fourth-order valence-corrected chi connectivity index (χ4v) is 1.98. The zero-order chi connectivity index (χ0) is 13.3. The first-order chi connectivity index (χ1) is 8.58. The van der Waals surface area contributed by atoms with E-state index in [2.05, 4.69) is 0 Å². The third-order valence-corrected chi connectivity index (χ3v) is 2.96. The SMILES string of the molecule is O=c1ccn([C@@H]2O[C@H](CO)[C@@H](CF)[C@H]2F)c(=O)[nH]1. The Kier molecular flexibility index (Phi) is 3.58. The molecule has 0 saturated carbocycles. The monoisotopic (exact) mass is 262 g/mol. The molecule has 0 bridgehead atoms. The summed E-state index contributed by atoms with van der Waals surface area (Å²) in [4.78, 5) is 24.3. The van der Waals surface area contributed by atoms with Crippen molar-refractivity contribution >= 4 is 0 Å². The smallest absolute Gasteiger partial charge is 0.330 e. The van der Waals surface area contributed by atoms with Gasteiger partial charge in [-0.2, -0.15) is 0 Å². The molecule has 2 rings (SSSR count). The van der Waals surface area contributed by atoms with Crippen LogP contribution in [-0.4, -0.2) is 40.2 Å². The molecule has 1 saturated heterocycles. The van der Waals surface area contributed by atoms with E-state index < -0.39 is 49.0 Å². The van der Waals surface area contributed by atoms with Crippen LogP contribution in [0.3, 0.4) is 0 Å². The lowest BCUT2D eigenvalue weighted by Crippen LogP contribution is -2.34. The van der Waals surface area contributed by atoms with E-state index in [4.69, 9.17) is 9.84 Å². The van der Waals surface area contributed by atoms with E-state index in [0.29, 0.717) is 0 Å². The summed E-state index contributed by atoms with van der Waals surface area (Å²) in [5, 5.41) is 8.96. The highest BCUT2D eigenvalue weighted by atomic mass is 19.1. The third-order valence-electron chi connectivity index (χ3n) is 2.96. The lowest BCUT2D eigenvalue weighted by molar-refractivity contribution is -0.0430. The van der Waals surface area contributed by atoms with Crippen LogP contribution in [0.1, 0.15) is 6.23 Å². The van der Waals surface area contributed by atoms with Crippen LogP contribution in [0, 0.1) is 5.92 Å². The fraction of sp³-hybridized carbons (Fsp3) is 0.600. The summed E-state index contributed by atoms with van der Waals surface area (Å²) < 4.78 is 32.5. The van der Waals surface area contributed by atoms with Gasteiger partial charge in [-0.05, 0) is 0 Å². The predicted octanol–water partition coefficient (Wildman–Crippen LogP) is -0.650. The number of hydrogen-bond acceptors (Lipinski definition) is 4. The molecule has 0 spiro atoms. The Labute approximate surface area is 99.8 Å². The van der Waals surface area contributed by atoms with Crippen LogP contribution < -0.4 is 11.2 Å². The molecule has 0 radical (unpaired) electrons. The first kappa shape index (κ1) is 12.9. The van der Waals surface area contributed by atoms with Gasteiger partial charge in [-0.25, -0.2) is 9.18 Å². The van der Waals surface area contributed by atoms with Crippen LogP contribution in [0.4, 0.5) is 8.78 Å². The molecule has 0 amide bonds. The van der Waals surface area contributed by atoms with Gasteiger partial charge >= 0.3 is 5.69 Å². The first-order valence-electron chi connectivity index (χ1n) is 5.36. The number of aliphatic hydroxyl groups excluding tert-OH is 1. The summed E-state index contributed by atoms with van der Waals surface area (Å²) in [6.45, 7) is -1.54. The van der Waals surface area contributed by atoms with Gasteiger partial charge in [-0.1, -0.05) is 0 Å². The molecule has 0 aliphatic carbocycles. The van der Waals surface area contributed by atoms with Crippen molar-refractivity contribution in [3.8, 4) is 0 Å². The quantitative estimate of drug-likeness (QED) is 0.758. The van der Waals surface area contributed by atoms with Gasteiger partial charge in [0.2, 0.25) is 0 Å². The number of halogens is 2. The van der Waals surface area contributed by atoms with E-state index in [1.54, 1.807) is 0 Å². The maximum Gasteiger partial charge on any atom is 0.330 e. The molecule has 8 heteroatoms. The van der Waals surface area contributed by atoms with Gasteiger partial charge in [-0.3, -0.25) is 18.7 Å². The maximum atomic E-state index is 13.9. The second kappa shape index (κ2) is 4.99. The minimum Gasteiger partial charge on any atom is -0.394 e. The van der Waals surface area contributed by atoms with Crippen molar-refractivity contribution in [2.24, 2.45) is 5.92 Å². The Balaban J connectivity index is 2.34. The molecule has 1 aromatic heterocycles. The number of aliphatic hydroxyl groups is 1. The van der Waals surface area contributed by atoms with E-state index in [1.807, 2.05) is 4.98 Å². The van der Waals surface area contributed by atoms with Gasteiger partial charge in [-0.15, -0.1) is 0 Å². The molecule has 1 aromatic rings. The topological polar surface area (TPSA) is 84.3 Å². The zero-order valence-corrected chi connectivity index (χ0v) is 9.25. The lowest BCUT2D eigenvalue weighted by atomic mass is 10.0. The Hall–Kier alpha value is -1.54. The summed E-state index contributed by atoms with van der Waals surface area (Å²) in [7, 11) is 0. The molecular weight excluding hydrogens is 250 g/mol. The Bertz CT molecular complexity index is 529. The number of nitrogens with zero attached hydrogens (tertiary/aromatic N) is 1. The number of alkyl halides is 2. The number of ether oxygens (including phenoxy) is 1. The van der Waals surface area contributed by atoms with Crippen molar-refractivity contribution in [1.82, 2.24) is 9.55 Å². The van der Waals surface area contributed by atoms with E-state index >= 15 is 0 Å². The Morgan fingerprint density at radius 3 is 2.72 bits per heavy atom. The van der Waals surface area contributed by atoms with Gasteiger partial charge in [0.1, 0.15) is 0 Å². The highest BCUT2D eigenvalue weighted by Gasteiger charge is 2.46. The molecule has 1 fully saturated rings. The van der Waals surface area contributed by atoms with Crippen LogP contribution in [0.15, 0.2) is 21.9 Å². The number of nitrogens with one attached hydrogen (secondary N) is 1. The second-order valence-electron chi connectivity index (χ2n) is 4.03. The van der Waals surface area contributed by atoms with Crippen molar-refractivity contribution < 1.29 is 18.6 Å². The van der Waals surface area contributed by atoms with Crippen LogP contribution in [0.5, 0.6) is 0 Å². The van der Waals surface area contributed by atoms with Crippen molar-refractivity contribution in [2.45, 2.75) is 18.5 Å². The number of aromatic amines is 1. The highest BCUT2D eigenvalue weighted by molar-refractivity contribution is 4.92. The molecule has 0 aromatic carbocycles. The summed E-state index contributed by atoms with van der Waals surface area (Å²) >= 11 is 0. The van der Waals surface area contributed by atoms with Gasteiger partial charge in [0.25, 0.3) is 5.56 Å². The normalized spacial score (nSPS) is 31.7. The highest BCUT2D eigenvalue weighted by Crippen LogP contribution is 2.35. The molecule has 2 heterocycles. The minimum absolute atomic E-state index is 0.538. The third kappa shape index (κ3) is 2.08. The maximum absolute atomic E-state index is 13.9. The molecule has 18 heavy (non-hydrogen) atoms. The van der Waals surface area contributed by atoms with Gasteiger partial charge in [0.05, 0.1) is 25.3 Å². The molecule has 0 unspecified atom stereocenters. The predicted molar refractivity (Wildman–Crippen MR) is 56.7 cm³/mol.